The molecule has 1 aliphatic rings. The maximum absolute atomic E-state index is 14.2. The van der Waals surface area contributed by atoms with Crippen LogP contribution < -0.4 is 19.6 Å². The van der Waals surface area contributed by atoms with Crippen LogP contribution in [0.25, 0.3) is 17.0 Å². The fourth-order valence-corrected chi connectivity index (χ4v) is 6.82. The fraction of sp³-hybridized carbons (Fsp3) is 0.206. The molecule has 3 heterocycles. The number of fused-ring (bicyclic) bond motifs is 2. The minimum Gasteiger partial charge on any atom is -0.497 e. The minimum atomic E-state index is -0.707. The van der Waals surface area contributed by atoms with E-state index >= 15 is 0 Å². The Morgan fingerprint density at radius 3 is 2.52 bits per heavy atom. The third-order valence-corrected chi connectivity index (χ3v) is 9.18. The molecule has 10 heteroatoms. The van der Waals surface area contributed by atoms with Gasteiger partial charge in [-0.25, -0.2) is 9.79 Å². The van der Waals surface area contributed by atoms with Gasteiger partial charge >= 0.3 is 5.97 Å². The molecule has 0 N–H and O–H groups in total. The molecule has 224 valence electrons. The van der Waals surface area contributed by atoms with Crippen molar-refractivity contribution >= 4 is 57.5 Å². The van der Waals surface area contributed by atoms with Crippen LogP contribution in [0.4, 0.5) is 0 Å². The lowest BCUT2D eigenvalue weighted by molar-refractivity contribution is -0.143. The van der Waals surface area contributed by atoms with Crippen molar-refractivity contribution in [1.29, 1.82) is 0 Å². The molecule has 0 aliphatic carbocycles. The number of carbonyl (C=O) groups is 1. The zero-order valence-corrected chi connectivity index (χ0v) is 26.8. The number of para-hydroxylation sites is 1. The topological polar surface area (TPSA) is 74.8 Å². The highest BCUT2D eigenvalue weighted by Crippen LogP contribution is 2.32. The van der Waals surface area contributed by atoms with Crippen molar-refractivity contribution < 1.29 is 14.3 Å². The second-order valence-electron chi connectivity index (χ2n) is 10.8. The van der Waals surface area contributed by atoms with Crippen molar-refractivity contribution in [2.45, 2.75) is 39.5 Å². The van der Waals surface area contributed by atoms with Gasteiger partial charge in [0, 0.05) is 29.2 Å². The Kier molecular flexibility index (Phi) is 8.24. The fourth-order valence-electron chi connectivity index (χ4n) is 5.46. The summed E-state index contributed by atoms with van der Waals surface area (Å²) in [6, 6.07) is 20.3. The van der Waals surface area contributed by atoms with E-state index in [0.717, 1.165) is 27.6 Å². The Labute approximate surface area is 267 Å². The predicted molar refractivity (Wildman–Crippen MR) is 175 cm³/mol. The Morgan fingerprint density at radius 1 is 1.07 bits per heavy atom. The van der Waals surface area contributed by atoms with Crippen molar-refractivity contribution in [2.75, 3.05) is 7.11 Å². The number of methoxy groups -OCH3 is 1. The van der Waals surface area contributed by atoms with Gasteiger partial charge in [0.05, 0.1) is 45.1 Å². The summed E-state index contributed by atoms with van der Waals surface area (Å²) in [4.78, 5) is 32.8. The van der Waals surface area contributed by atoms with Crippen molar-refractivity contribution in [3.63, 3.8) is 0 Å². The first kappa shape index (κ1) is 29.9. The first-order chi connectivity index (χ1) is 21.1. The van der Waals surface area contributed by atoms with Gasteiger partial charge in [0.1, 0.15) is 5.75 Å². The predicted octanol–water partition coefficient (Wildman–Crippen LogP) is 6.51. The molecule has 0 saturated carbocycles. The average Bonchev–Trinajstić information content (AvgIpc) is 3.50. The number of allylic oxidation sites excluding steroid dienone is 1. The summed E-state index contributed by atoms with van der Waals surface area (Å²) in [5.74, 6) is 0.173. The van der Waals surface area contributed by atoms with Crippen molar-refractivity contribution in [1.82, 2.24) is 9.13 Å². The molecule has 5 aromatic rings. The number of benzene rings is 3. The van der Waals surface area contributed by atoms with E-state index in [1.807, 2.05) is 72.9 Å². The molecule has 0 radical (unpaired) electrons. The van der Waals surface area contributed by atoms with Crippen LogP contribution in [-0.4, -0.2) is 28.3 Å². The lowest BCUT2D eigenvalue weighted by Gasteiger charge is -2.25. The van der Waals surface area contributed by atoms with Gasteiger partial charge < -0.3 is 14.0 Å². The molecular weight excluding hydrogens is 617 g/mol. The van der Waals surface area contributed by atoms with Crippen LogP contribution in [0.3, 0.4) is 0 Å². The number of thiazole rings is 1. The third kappa shape index (κ3) is 5.61. The first-order valence-electron chi connectivity index (χ1n) is 14.0. The van der Waals surface area contributed by atoms with Gasteiger partial charge in [-0.15, -0.1) is 0 Å². The molecule has 3 aromatic carbocycles. The van der Waals surface area contributed by atoms with Crippen molar-refractivity contribution in [3.8, 4) is 5.75 Å². The van der Waals surface area contributed by atoms with Gasteiger partial charge in [0.2, 0.25) is 0 Å². The van der Waals surface area contributed by atoms with E-state index in [9.17, 15) is 9.59 Å². The summed E-state index contributed by atoms with van der Waals surface area (Å²) in [6.07, 6.45) is 3.60. The van der Waals surface area contributed by atoms with Gasteiger partial charge in [-0.05, 0) is 68.3 Å². The highest BCUT2D eigenvalue weighted by Gasteiger charge is 2.33. The van der Waals surface area contributed by atoms with Crippen molar-refractivity contribution in [3.05, 3.63) is 131 Å². The van der Waals surface area contributed by atoms with Gasteiger partial charge in [-0.2, -0.15) is 0 Å². The maximum atomic E-state index is 14.2. The molecule has 0 saturated heterocycles. The van der Waals surface area contributed by atoms with Crippen LogP contribution in [0.1, 0.15) is 43.5 Å². The van der Waals surface area contributed by atoms with E-state index in [1.165, 1.54) is 11.3 Å². The molecule has 2 aromatic heterocycles. The summed E-state index contributed by atoms with van der Waals surface area (Å²) in [5, 5.41) is 2.01. The first-order valence-corrected chi connectivity index (χ1v) is 15.6. The highest BCUT2D eigenvalue weighted by molar-refractivity contribution is 7.07. The van der Waals surface area contributed by atoms with E-state index in [0.29, 0.717) is 42.9 Å². The second kappa shape index (κ2) is 12.1. The van der Waals surface area contributed by atoms with E-state index in [2.05, 4.69) is 4.57 Å². The average molecular weight is 647 g/mol. The smallest absolute Gasteiger partial charge is 0.338 e. The van der Waals surface area contributed by atoms with Gasteiger partial charge in [-0.3, -0.25) is 9.36 Å². The Bertz CT molecular complexity index is 2120. The van der Waals surface area contributed by atoms with Crippen LogP contribution in [0.2, 0.25) is 10.0 Å². The number of esters is 1. The number of rotatable bonds is 7. The number of aromatic nitrogens is 2. The normalized spacial score (nSPS) is 15.1. The summed E-state index contributed by atoms with van der Waals surface area (Å²) >= 11 is 13.7. The lowest BCUT2D eigenvalue weighted by atomic mass is 9.96. The summed E-state index contributed by atoms with van der Waals surface area (Å²) in [5.41, 5.74) is 4.27. The van der Waals surface area contributed by atoms with Gasteiger partial charge in [0.15, 0.2) is 4.80 Å². The lowest BCUT2D eigenvalue weighted by Crippen LogP contribution is -2.40. The maximum Gasteiger partial charge on any atom is 0.338 e. The molecule has 44 heavy (non-hydrogen) atoms. The zero-order valence-electron chi connectivity index (χ0n) is 24.5. The molecule has 0 spiro atoms. The van der Waals surface area contributed by atoms with E-state index < -0.39 is 12.0 Å². The molecule has 1 unspecified atom stereocenters. The number of halogens is 2. The highest BCUT2D eigenvalue weighted by atomic mass is 35.5. The number of hydrogen-bond acceptors (Lipinski definition) is 6. The Balaban J connectivity index is 1.50. The van der Waals surface area contributed by atoms with Gasteiger partial charge in [0.25, 0.3) is 5.56 Å². The molecule has 1 atom stereocenters. The van der Waals surface area contributed by atoms with Crippen LogP contribution in [0, 0.1) is 0 Å². The molecule has 6 rings (SSSR count). The molecule has 0 fully saturated rings. The largest absolute Gasteiger partial charge is 0.497 e. The minimum absolute atomic E-state index is 0.238. The summed E-state index contributed by atoms with van der Waals surface area (Å²) < 4.78 is 15.2. The molecular formula is C34H29Cl2N3O4S. The molecule has 1 aliphatic heterocycles. The Morgan fingerprint density at radius 2 is 1.82 bits per heavy atom. The Hall–Kier alpha value is -4.11. The summed E-state index contributed by atoms with van der Waals surface area (Å²) in [6.45, 7) is 5.94. The van der Waals surface area contributed by atoms with Crippen LogP contribution in [0.5, 0.6) is 5.75 Å². The van der Waals surface area contributed by atoms with E-state index in [-0.39, 0.29) is 11.7 Å². The van der Waals surface area contributed by atoms with Crippen LogP contribution in [-0.2, 0) is 16.1 Å². The SMILES string of the molecule is COc1ccc(C2C(C(=O)OC(C)C)=C(C)N=c3s/c(=C/c4cn(Cc5ccc(Cl)c(Cl)c5)c5ccccc45)c(=O)n32)cc1. The van der Waals surface area contributed by atoms with Crippen LogP contribution >= 0.6 is 34.5 Å². The standard InChI is InChI=1S/C34H29Cl2N3O4S/c1-19(2)43-33(41)30-20(3)37-34-39(31(30)22-10-12-24(42-4)13-11-22)32(40)29(44-34)16-23-18-38(28-8-6-5-7-25(23)28)17-21-9-14-26(35)27(36)15-21/h5-16,18-19,31H,17H2,1-4H3/b29-16+. The monoisotopic (exact) mass is 645 g/mol. The van der Waals surface area contributed by atoms with Crippen LogP contribution in [0.15, 0.2) is 94.0 Å². The zero-order chi connectivity index (χ0) is 31.1. The number of carbonyl (C=O) groups excluding carboxylic acids is 1. The van der Waals surface area contributed by atoms with E-state index in [4.69, 9.17) is 37.7 Å². The summed E-state index contributed by atoms with van der Waals surface area (Å²) in [7, 11) is 1.59. The second-order valence-corrected chi connectivity index (χ2v) is 12.6. The number of ether oxygens (including phenoxy) is 2. The number of hydrogen-bond donors (Lipinski definition) is 0. The quantitative estimate of drug-likeness (QED) is 0.189. The molecule has 0 bridgehead atoms. The van der Waals surface area contributed by atoms with E-state index in [1.54, 1.807) is 38.5 Å². The number of nitrogens with zero attached hydrogens (tertiary/aromatic N) is 3. The van der Waals surface area contributed by atoms with Gasteiger partial charge in [-0.1, -0.05) is 70.9 Å². The molecule has 0 amide bonds. The van der Waals surface area contributed by atoms with Crippen molar-refractivity contribution in [2.24, 2.45) is 4.99 Å². The molecule has 7 nitrogen and oxygen atoms in total. The third-order valence-electron chi connectivity index (χ3n) is 7.46.